The van der Waals surface area contributed by atoms with Crippen molar-refractivity contribution in [3.63, 3.8) is 0 Å². The molecule has 0 bridgehead atoms. The zero-order valence-electron chi connectivity index (χ0n) is 37.2. The highest BCUT2D eigenvalue weighted by molar-refractivity contribution is 7.99. The third kappa shape index (κ3) is 11.8. The molecule has 4 aliphatic heterocycles. The van der Waals surface area contributed by atoms with E-state index in [1.165, 1.54) is 63.0 Å². The minimum absolute atomic E-state index is 0.0873. The lowest BCUT2D eigenvalue weighted by Gasteiger charge is -2.41. The molecule has 14 heteroatoms. The van der Waals surface area contributed by atoms with Gasteiger partial charge in [-0.1, -0.05) is 41.6 Å². The Morgan fingerprint density at radius 1 is 0.984 bits per heavy atom. The van der Waals surface area contributed by atoms with Crippen molar-refractivity contribution in [2.24, 2.45) is 17.8 Å². The van der Waals surface area contributed by atoms with Gasteiger partial charge in [-0.3, -0.25) is 4.79 Å². The first-order chi connectivity index (χ1) is 30.0. The summed E-state index contributed by atoms with van der Waals surface area (Å²) >= 11 is 7.89. The number of halogens is 1. The van der Waals surface area contributed by atoms with Crippen LogP contribution < -0.4 is 31.5 Å². The number of carbonyl (C=O) groups excluding carboxylic acids is 2. The molecule has 2 aromatic carbocycles. The second-order valence-corrected chi connectivity index (χ2v) is 19.8. The van der Waals surface area contributed by atoms with E-state index in [4.69, 9.17) is 22.3 Å². The first-order valence-electron chi connectivity index (χ1n) is 23.0. The van der Waals surface area contributed by atoms with E-state index in [1.54, 1.807) is 7.05 Å². The van der Waals surface area contributed by atoms with Crippen molar-refractivity contribution in [3.8, 4) is 0 Å². The molecule has 1 atom stereocenters. The largest absolute Gasteiger partial charge is 0.397 e. The summed E-state index contributed by atoms with van der Waals surface area (Å²) in [6, 6.07) is 12.4. The predicted octanol–water partition coefficient (Wildman–Crippen LogP) is 7.82. The SMILES string of the molecule is C=CCCC(C(=O)NC)c1ccc(N2CCC(CN3CCN(C)CC3)CC2)cc1.CC1(NCC2CCC(C=O)CC2)CCN(c2cnc3c(n2)Nc2ccc(N)c(Cl)c2S3)CC1. The van der Waals surface area contributed by atoms with Crippen LogP contribution in [0.5, 0.6) is 0 Å². The van der Waals surface area contributed by atoms with Crippen molar-refractivity contribution in [3.05, 3.63) is 65.8 Å². The number of hydrogen-bond donors (Lipinski definition) is 4. The van der Waals surface area contributed by atoms with E-state index in [1.807, 2.05) is 24.4 Å². The quantitative estimate of drug-likeness (QED) is 0.0593. The number of nitrogens with one attached hydrogen (secondary N) is 3. The minimum atomic E-state index is -0.0959. The first-order valence-corrected chi connectivity index (χ1v) is 24.2. The highest BCUT2D eigenvalue weighted by Gasteiger charge is 2.33. The number of nitrogens with two attached hydrogens (primary N) is 1. The number of rotatable bonds is 13. The summed E-state index contributed by atoms with van der Waals surface area (Å²) in [4.78, 5) is 43.6. The molecule has 62 heavy (non-hydrogen) atoms. The fourth-order valence-electron chi connectivity index (χ4n) is 9.59. The van der Waals surface area contributed by atoms with Crippen molar-refractivity contribution in [1.29, 1.82) is 0 Å². The number of fused-ring (bicyclic) bond motifs is 2. The molecular formula is C48H69ClN10O2S. The topological polar surface area (TPSA) is 135 Å². The highest BCUT2D eigenvalue weighted by Crippen LogP contribution is 2.48. The monoisotopic (exact) mass is 885 g/mol. The number of allylic oxidation sites excluding steroid dienone is 1. The van der Waals surface area contributed by atoms with Gasteiger partial charge in [-0.25, -0.2) is 9.97 Å². The fourth-order valence-corrected chi connectivity index (χ4v) is 10.8. The smallest absolute Gasteiger partial charge is 0.227 e. The van der Waals surface area contributed by atoms with Gasteiger partial charge in [0.25, 0.3) is 0 Å². The van der Waals surface area contributed by atoms with Crippen LogP contribution in [-0.4, -0.2) is 117 Å². The zero-order valence-corrected chi connectivity index (χ0v) is 38.8. The Bertz CT molecular complexity index is 1950. The predicted molar refractivity (Wildman–Crippen MR) is 256 cm³/mol. The lowest BCUT2D eigenvalue weighted by Crippen LogP contribution is -2.53. The van der Waals surface area contributed by atoms with Crippen LogP contribution in [0, 0.1) is 17.8 Å². The summed E-state index contributed by atoms with van der Waals surface area (Å²) in [5.41, 5.74) is 9.95. The third-order valence-corrected chi connectivity index (χ3v) is 15.6. The molecule has 3 aromatic rings. The van der Waals surface area contributed by atoms with Gasteiger partial charge in [-0.15, -0.1) is 6.58 Å². The van der Waals surface area contributed by atoms with Gasteiger partial charge in [0, 0.05) is 83.1 Å². The van der Waals surface area contributed by atoms with Crippen LogP contribution in [0.15, 0.2) is 65.2 Å². The molecule has 0 radical (unpaired) electrons. The van der Waals surface area contributed by atoms with Crippen molar-refractivity contribution in [2.45, 2.75) is 92.5 Å². The highest BCUT2D eigenvalue weighted by atomic mass is 35.5. The Labute approximate surface area is 379 Å². The van der Waals surface area contributed by atoms with Crippen molar-refractivity contribution in [1.82, 2.24) is 30.4 Å². The van der Waals surface area contributed by atoms with Crippen LogP contribution in [0.4, 0.5) is 28.7 Å². The summed E-state index contributed by atoms with van der Waals surface area (Å²) in [6.07, 6.45) is 15.6. The van der Waals surface area contributed by atoms with Crippen LogP contribution in [-0.2, 0) is 9.59 Å². The molecule has 1 amide bonds. The van der Waals surface area contributed by atoms with Crippen molar-refractivity contribution >= 4 is 64.3 Å². The van der Waals surface area contributed by atoms with E-state index in [0.29, 0.717) is 16.6 Å². The average molecular weight is 886 g/mol. The van der Waals surface area contributed by atoms with Gasteiger partial charge < -0.3 is 46.1 Å². The Kier molecular flexibility index (Phi) is 16.1. The number of nitrogen functional groups attached to an aromatic ring is 1. The molecule has 3 saturated heterocycles. The van der Waals surface area contributed by atoms with E-state index < -0.39 is 0 Å². The Morgan fingerprint density at radius 2 is 1.69 bits per heavy atom. The molecule has 1 saturated carbocycles. The van der Waals surface area contributed by atoms with Crippen LogP contribution in [0.3, 0.4) is 0 Å². The number of amides is 1. The van der Waals surface area contributed by atoms with Crippen LogP contribution >= 0.6 is 23.4 Å². The number of anilines is 5. The van der Waals surface area contributed by atoms with Crippen molar-refractivity contribution in [2.75, 3.05) is 100 Å². The Hall–Kier alpha value is -3.88. The maximum Gasteiger partial charge on any atom is 0.227 e. The number of carbonyl (C=O) groups is 2. The molecule has 4 fully saturated rings. The third-order valence-electron chi connectivity index (χ3n) is 14.0. The molecular weight excluding hydrogens is 816 g/mol. The van der Waals surface area contributed by atoms with Gasteiger partial charge in [-0.2, -0.15) is 0 Å². The van der Waals surface area contributed by atoms with Gasteiger partial charge in [0.05, 0.1) is 33.4 Å². The van der Waals surface area contributed by atoms with Gasteiger partial charge in [0.15, 0.2) is 5.82 Å². The Morgan fingerprint density at radius 3 is 2.35 bits per heavy atom. The average Bonchev–Trinajstić information content (AvgIpc) is 3.31. The fraction of sp³-hybridized carbons (Fsp3) is 0.583. The molecule has 5 aliphatic rings. The molecule has 0 spiro atoms. The maximum absolute atomic E-state index is 12.3. The molecule has 12 nitrogen and oxygen atoms in total. The maximum atomic E-state index is 12.3. The summed E-state index contributed by atoms with van der Waals surface area (Å²) < 4.78 is 0. The molecule has 5 N–H and O–H groups in total. The van der Waals surface area contributed by atoms with Crippen LogP contribution in [0.1, 0.15) is 82.6 Å². The standard InChI is InChI=1S/C24H31ClN6OS.C24H38N4O/c1-24(28-12-15-2-4-16(14-32)5-3-15)8-10-31(11-9-24)19-13-27-23-22(30-19)29-18-7-6-17(26)20(25)21(18)33-23;1-4-5-6-23(24(29)25-2)21-7-9-22(10-8-21)28-13-11-20(12-14-28)19-27-17-15-26(3)16-18-27/h6-7,13-16,28H,2-5,8-12,26H2,1H3,(H,29,30);4,7-10,20,23H,1,5-6,11-19H2,2-3H3,(H,25,29). The molecule has 1 aromatic heterocycles. The lowest BCUT2D eigenvalue weighted by molar-refractivity contribution is -0.122. The van der Waals surface area contributed by atoms with Gasteiger partial charge in [0.2, 0.25) is 5.91 Å². The van der Waals surface area contributed by atoms with E-state index in [2.05, 4.69) is 85.3 Å². The van der Waals surface area contributed by atoms with Gasteiger partial charge >= 0.3 is 0 Å². The van der Waals surface area contributed by atoms with E-state index in [0.717, 1.165) is 129 Å². The van der Waals surface area contributed by atoms with E-state index >= 15 is 0 Å². The Balaban J connectivity index is 0.000000188. The normalized spacial score (nSPS) is 22.3. The van der Waals surface area contributed by atoms with E-state index in [9.17, 15) is 9.59 Å². The zero-order chi connectivity index (χ0) is 43.6. The van der Waals surface area contributed by atoms with E-state index in [-0.39, 0.29) is 23.3 Å². The summed E-state index contributed by atoms with van der Waals surface area (Å²) in [6.45, 7) is 17.4. The number of aldehydes is 1. The second kappa shape index (κ2) is 21.7. The molecule has 8 rings (SSSR count). The lowest BCUT2D eigenvalue weighted by atomic mass is 9.81. The number of aromatic nitrogens is 2. The van der Waals surface area contributed by atoms with Gasteiger partial charge in [0.1, 0.15) is 17.1 Å². The summed E-state index contributed by atoms with van der Waals surface area (Å²) in [7, 11) is 3.93. The second-order valence-electron chi connectivity index (χ2n) is 18.5. The number of piperazine rings is 1. The molecule has 5 heterocycles. The number of nitrogens with zero attached hydrogens (tertiary/aromatic N) is 6. The minimum Gasteiger partial charge on any atom is -0.397 e. The number of likely N-dealkylation sites (N-methyl/N-ethyl adjacent to an activating group) is 2. The van der Waals surface area contributed by atoms with Crippen molar-refractivity contribution < 1.29 is 9.59 Å². The van der Waals surface area contributed by atoms with Crippen LogP contribution in [0.2, 0.25) is 5.02 Å². The molecule has 1 unspecified atom stereocenters. The molecule has 336 valence electrons. The molecule has 1 aliphatic carbocycles. The summed E-state index contributed by atoms with van der Waals surface area (Å²) in [5.74, 6) is 3.47. The van der Waals surface area contributed by atoms with Crippen LogP contribution in [0.25, 0.3) is 0 Å². The number of piperidine rings is 2. The number of benzene rings is 2. The van der Waals surface area contributed by atoms with Gasteiger partial charge in [-0.05, 0) is 126 Å². The number of hydrogen-bond acceptors (Lipinski definition) is 12. The summed E-state index contributed by atoms with van der Waals surface area (Å²) in [5, 5.41) is 11.4. The first kappa shape index (κ1) is 46.1.